The number of carbonyl (C=O) groups excluding carboxylic acids is 2. The van der Waals surface area contributed by atoms with Gasteiger partial charge in [-0.3, -0.25) is 9.59 Å². The van der Waals surface area contributed by atoms with Crippen LogP contribution in [0.2, 0.25) is 0 Å². The lowest BCUT2D eigenvalue weighted by atomic mass is 10.3. The second kappa shape index (κ2) is 12.6. The van der Waals surface area contributed by atoms with E-state index in [0.717, 1.165) is 61.4 Å². The molecule has 208 valence electrons. The number of thiocarbonyl (C=S) groups is 1. The van der Waals surface area contributed by atoms with E-state index in [1.807, 2.05) is 41.3 Å². The molecule has 13 heteroatoms. The summed E-state index contributed by atoms with van der Waals surface area (Å²) in [5, 5.41) is 4.00. The molecule has 2 saturated heterocycles. The highest BCUT2D eigenvalue weighted by atomic mass is 32.2. The number of hydrogen-bond donors (Lipinski definition) is 1. The van der Waals surface area contributed by atoms with E-state index >= 15 is 0 Å². The summed E-state index contributed by atoms with van der Waals surface area (Å²) in [5.74, 6) is 0.719. The van der Waals surface area contributed by atoms with Crippen molar-refractivity contribution in [1.82, 2.24) is 19.8 Å². The Morgan fingerprint density at radius 2 is 1.65 bits per heavy atom. The van der Waals surface area contributed by atoms with Crippen molar-refractivity contribution < 1.29 is 9.59 Å². The lowest BCUT2D eigenvalue weighted by molar-refractivity contribution is -0.128. The number of nitrogens with one attached hydrogen (secondary N) is 1. The molecule has 0 unspecified atom stereocenters. The fraction of sp³-hybridized carbons (Fsp3) is 0.370. The van der Waals surface area contributed by atoms with Crippen molar-refractivity contribution in [2.45, 2.75) is 17.2 Å². The maximum atomic E-state index is 12.9. The molecule has 4 heterocycles. The Hall–Kier alpha value is -2.45. The van der Waals surface area contributed by atoms with Crippen LogP contribution in [-0.2, 0) is 9.59 Å². The van der Waals surface area contributed by atoms with Gasteiger partial charge in [0.15, 0.2) is 9.47 Å². The summed E-state index contributed by atoms with van der Waals surface area (Å²) in [6.07, 6.45) is 2.33. The number of fused-ring (bicyclic) bond motifs is 2. The minimum atomic E-state index is -0.0705. The Balaban J connectivity index is 0.972. The molecule has 2 amide bonds. The number of thioether (sulfide) groups is 2. The minimum absolute atomic E-state index is 0.0705. The summed E-state index contributed by atoms with van der Waals surface area (Å²) >= 11 is 11.6. The van der Waals surface area contributed by atoms with Gasteiger partial charge in [-0.1, -0.05) is 59.2 Å². The smallest absolute Gasteiger partial charge is 0.234 e. The normalized spacial score (nSPS) is 15.8. The number of hydrogen-bond acceptors (Lipinski definition) is 10. The van der Waals surface area contributed by atoms with Gasteiger partial charge in [0.1, 0.15) is 4.32 Å². The monoisotopic (exact) mass is 628 g/mol. The Morgan fingerprint density at radius 1 is 0.875 bits per heavy atom. The van der Waals surface area contributed by atoms with Crippen LogP contribution >= 0.6 is 58.4 Å². The Morgan fingerprint density at radius 3 is 2.45 bits per heavy atom. The molecule has 2 fully saturated rings. The summed E-state index contributed by atoms with van der Waals surface area (Å²) < 4.78 is 3.83. The Kier molecular flexibility index (Phi) is 8.73. The Bertz CT molecular complexity index is 1510. The number of benzene rings is 2. The number of thiazole rings is 2. The number of para-hydroxylation sites is 1. The van der Waals surface area contributed by atoms with Crippen molar-refractivity contribution in [2.75, 3.05) is 61.0 Å². The van der Waals surface area contributed by atoms with Gasteiger partial charge in [0, 0.05) is 45.0 Å². The molecule has 2 aromatic heterocycles. The van der Waals surface area contributed by atoms with Gasteiger partial charge >= 0.3 is 0 Å². The van der Waals surface area contributed by atoms with Crippen molar-refractivity contribution in [2.24, 2.45) is 0 Å². The molecule has 8 nitrogen and oxygen atoms in total. The van der Waals surface area contributed by atoms with Gasteiger partial charge < -0.3 is 20.0 Å². The molecule has 0 aliphatic carbocycles. The minimum Gasteiger partial charge on any atom is -0.358 e. The van der Waals surface area contributed by atoms with Crippen molar-refractivity contribution in [3.05, 3.63) is 42.5 Å². The van der Waals surface area contributed by atoms with E-state index in [-0.39, 0.29) is 11.8 Å². The number of nitrogens with zero attached hydrogens (tertiary/aromatic N) is 5. The zero-order valence-electron chi connectivity index (χ0n) is 21.7. The molecule has 2 aromatic carbocycles. The standard InChI is InChI=1S/C27H28N6O2S5/c34-23(16-38-27(36)33-9-3-4-10-33)28-18-7-8-20-22(15-18)40-26(30-20)37-17-24(35)31-11-13-32(14-12-31)25-29-19-5-1-2-6-21(19)39-25/h1-2,5-8,15H,3-4,9-14,16-17H2,(H,28,34). The lowest BCUT2D eigenvalue weighted by Crippen LogP contribution is -2.49. The van der Waals surface area contributed by atoms with Gasteiger partial charge in [-0.05, 0) is 43.2 Å². The summed E-state index contributed by atoms with van der Waals surface area (Å²) in [5.41, 5.74) is 2.64. The first kappa shape index (κ1) is 27.7. The number of amides is 2. The van der Waals surface area contributed by atoms with Crippen molar-refractivity contribution >= 4 is 106 Å². The van der Waals surface area contributed by atoms with E-state index in [9.17, 15) is 9.59 Å². The van der Waals surface area contributed by atoms with E-state index in [0.29, 0.717) is 24.6 Å². The topological polar surface area (TPSA) is 81.7 Å². The lowest BCUT2D eigenvalue weighted by Gasteiger charge is -2.34. The number of carbonyl (C=O) groups is 2. The molecule has 4 aromatic rings. The van der Waals surface area contributed by atoms with E-state index in [1.165, 1.54) is 41.1 Å². The van der Waals surface area contributed by atoms with Gasteiger partial charge in [-0.25, -0.2) is 9.97 Å². The first-order valence-electron chi connectivity index (χ1n) is 13.1. The third-order valence-corrected chi connectivity index (χ3v) is 11.6. The molecule has 0 bridgehead atoms. The molecule has 0 atom stereocenters. The van der Waals surface area contributed by atoms with Crippen LogP contribution in [0.25, 0.3) is 20.4 Å². The quantitative estimate of drug-likeness (QED) is 0.214. The van der Waals surface area contributed by atoms with Gasteiger partial charge in [-0.15, -0.1) is 11.3 Å². The molecule has 40 heavy (non-hydrogen) atoms. The predicted molar refractivity (Wildman–Crippen MR) is 173 cm³/mol. The second-order valence-electron chi connectivity index (χ2n) is 9.58. The number of likely N-dealkylation sites (tertiary alicyclic amines) is 1. The summed E-state index contributed by atoms with van der Waals surface area (Å²) in [4.78, 5) is 41.2. The molecule has 2 aliphatic rings. The highest BCUT2D eigenvalue weighted by molar-refractivity contribution is 8.23. The summed E-state index contributed by atoms with van der Waals surface area (Å²) in [6, 6.07) is 13.9. The maximum Gasteiger partial charge on any atom is 0.234 e. The van der Waals surface area contributed by atoms with Crippen LogP contribution in [0, 0.1) is 0 Å². The SMILES string of the molecule is O=C(CSC(=S)N1CCCC1)Nc1ccc2nc(SCC(=O)N3CCN(c4nc5ccccc5s4)CC3)sc2c1. The Labute approximate surface area is 254 Å². The second-order valence-corrected chi connectivity index (χ2v) is 14.5. The molecule has 0 saturated carbocycles. The fourth-order valence-electron chi connectivity index (χ4n) is 4.72. The number of rotatable bonds is 7. The highest BCUT2D eigenvalue weighted by Gasteiger charge is 2.23. The van der Waals surface area contributed by atoms with E-state index in [2.05, 4.69) is 26.2 Å². The van der Waals surface area contributed by atoms with Gasteiger partial charge in [-0.2, -0.15) is 0 Å². The largest absolute Gasteiger partial charge is 0.358 e. The van der Waals surface area contributed by atoms with Gasteiger partial charge in [0.2, 0.25) is 11.8 Å². The van der Waals surface area contributed by atoms with Crippen LogP contribution in [0.5, 0.6) is 0 Å². The van der Waals surface area contributed by atoms with E-state index in [1.54, 1.807) is 22.7 Å². The number of aromatic nitrogens is 2. The number of piperazine rings is 1. The van der Waals surface area contributed by atoms with Crippen molar-refractivity contribution in [1.29, 1.82) is 0 Å². The zero-order valence-corrected chi connectivity index (χ0v) is 25.8. The van der Waals surface area contributed by atoms with Crippen molar-refractivity contribution in [3.63, 3.8) is 0 Å². The van der Waals surface area contributed by atoms with Crippen LogP contribution in [-0.4, -0.2) is 86.7 Å². The first-order valence-corrected chi connectivity index (χ1v) is 17.2. The van der Waals surface area contributed by atoms with Crippen LogP contribution in [0.1, 0.15) is 12.8 Å². The summed E-state index contributed by atoms with van der Waals surface area (Å²) in [6.45, 7) is 4.94. The molecule has 0 radical (unpaired) electrons. The third-order valence-electron chi connectivity index (χ3n) is 6.85. The zero-order chi connectivity index (χ0) is 27.5. The van der Waals surface area contributed by atoms with E-state index < -0.39 is 0 Å². The third kappa shape index (κ3) is 6.54. The molecular weight excluding hydrogens is 601 g/mol. The van der Waals surface area contributed by atoms with Crippen LogP contribution in [0.4, 0.5) is 10.8 Å². The van der Waals surface area contributed by atoms with Crippen molar-refractivity contribution in [3.8, 4) is 0 Å². The average molecular weight is 629 g/mol. The number of anilines is 2. The summed E-state index contributed by atoms with van der Waals surface area (Å²) in [7, 11) is 0. The first-order chi connectivity index (χ1) is 19.5. The molecule has 0 spiro atoms. The van der Waals surface area contributed by atoms with Crippen LogP contribution < -0.4 is 10.2 Å². The predicted octanol–water partition coefficient (Wildman–Crippen LogP) is 5.40. The highest BCUT2D eigenvalue weighted by Crippen LogP contribution is 2.32. The van der Waals surface area contributed by atoms with E-state index in [4.69, 9.17) is 17.2 Å². The maximum absolute atomic E-state index is 12.9. The van der Waals surface area contributed by atoms with Gasteiger partial charge in [0.25, 0.3) is 0 Å². The fourth-order valence-corrected chi connectivity index (χ4v) is 8.79. The molecule has 6 rings (SSSR count). The van der Waals surface area contributed by atoms with Crippen LogP contribution in [0.15, 0.2) is 46.8 Å². The molecule has 1 N–H and O–H groups in total. The molecular formula is C27H28N6O2S5. The molecule has 2 aliphatic heterocycles. The van der Waals surface area contributed by atoms with Crippen LogP contribution in [0.3, 0.4) is 0 Å². The average Bonchev–Trinajstić information content (AvgIpc) is 3.74. The van der Waals surface area contributed by atoms with Gasteiger partial charge in [0.05, 0.1) is 31.9 Å².